The lowest BCUT2D eigenvalue weighted by Crippen LogP contribution is -2.34. The summed E-state index contributed by atoms with van der Waals surface area (Å²) in [6.45, 7) is 2.62. The molecule has 2 aliphatic rings. The van der Waals surface area contributed by atoms with Crippen molar-refractivity contribution in [1.82, 2.24) is 4.90 Å². The van der Waals surface area contributed by atoms with Gasteiger partial charge in [0.25, 0.3) is 0 Å². The first-order valence-corrected chi connectivity index (χ1v) is 8.63. The van der Waals surface area contributed by atoms with Crippen molar-refractivity contribution in [2.45, 2.75) is 26.2 Å². The molecule has 0 aromatic heterocycles. The zero-order chi connectivity index (χ0) is 17.8. The molecule has 1 N–H and O–H groups in total. The molecule has 132 valence electrons. The minimum atomic E-state index is -0.244. The fourth-order valence-electron chi connectivity index (χ4n) is 3.33. The molecule has 3 rings (SSSR count). The van der Waals surface area contributed by atoms with Gasteiger partial charge in [-0.2, -0.15) is 0 Å². The van der Waals surface area contributed by atoms with Gasteiger partial charge in [-0.15, -0.1) is 0 Å². The smallest absolute Gasteiger partial charge is 0.233 e. The molecular formula is C19H22N2O4. The van der Waals surface area contributed by atoms with Crippen LogP contribution in [0.5, 0.6) is 5.75 Å². The largest absolute Gasteiger partial charge is 0.494 e. The average Bonchev–Trinajstić information content (AvgIpc) is 2.86. The Morgan fingerprint density at radius 3 is 2.28 bits per heavy atom. The topological polar surface area (TPSA) is 75.7 Å². The summed E-state index contributed by atoms with van der Waals surface area (Å²) in [7, 11) is 0. The second kappa shape index (κ2) is 7.51. The quantitative estimate of drug-likeness (QED) is 0.636. The third kappa shape index (κ3) is 3.73. The molecule has 1 saturated heterocycles. The van der Waals surface area contributed by atoms with Crippen molar-refractivity contribution >= 4 is 23.4 Å². The Morgan fingerprint density at radius 2 is 1.72 bits per heavy atom. The summed E-state index contributed by atoms with van der Waals surface area (Å²) in [5.74, 6) is -0.262. The summed E-state index contributed by atoms with van der Waals surface area (Å²) in [6.07, 6.45) is 5.23. The van der Waals surface area contributed by atoms with Crippen LogP contribution in [0.2, 0.25) is 0 Å². The van der Waals surface area contributed by atoms with Crippen LogP contribution >= 0.6 is 0 Å². The summed E-state index contributed by atoms with van der Waals surface area (Å²) in [5.41, 5.74) is 0.658. The van der Waals surface area contributed by atoms with Gasteiger partial charge >= 0.3 is 0 Å². The number of nitrogens with one attached hydrogen (secondary N) is 1. The zero-order valence-electron chi connectivity index (χ0n) is 14.2. The number of amides is 3. The molecule has 0 spiro atoms. The van der Waals surface area contributed by atoms with Crippen LogP contribution in [-0.2, 0) is 14.4 Å². The third-order valence-corrected chi connectivity index (χ3v) is 4.61. The molecule has 6 nitrogen and oxygen atoms in total. The maximum absolute atomic E-state index is 12.3. The Hall–Kier alpha value is -2.63. The molecule has 0 saturated carbocycles. The van der Waals surface area contributed by atoms with Crippen molar-refractivity contribution in [1.29, 1.82) is 0 Å². The van der Waals surface area contributed by atoms with Gasteiger partial charge in [-0.25, -0.2) is 0 Å². The molecule has 25 heavy (non-hydrogen) atoms. The van der Waals surface area contributed by atoms with Gasteiger partial charge in [0.15, 0.2) is 0 Å². The molecule has 1 fully saturated rings. The molecule has 3 amide bonds. The molecule has 1 aliphatic carbocycles. The van der Waals surface area contributed by atoms with Crippen LogP contribution in [0.3, 0.4) is 0 Å². The Balaban J connectivity index is 1.52. The Labute approximate surface area is 146 Å². The number of fused-ring (bicyclic) bond motifs is 1. The van der Waals surface area contributed by atoms with Crippen molar-refractivity contribution in [3.05, 3.63) is 36.4 Å². The zero-order valence-corrected chi connectivity index (χ0v) is 14.2. The highest BCUT2D eigenvalue weighted by Gasteiger charge is 2.46. The van der Waals surface area contributed by atoms with Gasteiger partial charge in [0.05, 0.1) is 18.4 Å². The lowest BCUT2D eigenvalue weighted by molar-refractivity contribution is -0.140. The van der Waals surface area contributed by atoms with Crippen LogP contribution in [0.1, 0.15) is 26.2 Å². The van der Waals surface area contributed by atoms with E-state index in [2.05, 4.69) is 5.32 Å². The normalized spacial score (nSPS) is 22.0. The Bertz CT molecular complexity index is 670. The Kier molecular flexibility index (Phi) is 5.16. The fourth-order valence-corrected chi connectivity index (χ4v) is 3.33. The van der Waals surface area contributed by atoms with Crippen molar-refractivity contribution in [2.75, 3.05) is 18.5 Å². The molecule has 6 heteroatoms. The molecular weight excluding hydrogens is 320 g/mol. The van der Waals surface area contributed by atoms with E-state index in [1.54, 1.807) is 24.3 Å². The van der Waals surface area contributed by atoms with Crippen LogP contribution in [0, 0.1) is 11.8 Å². The van der Waals surface area contributed by atoms with Crippen molar-refractivity contribution in [3.8, 4) is 5.75 Å². The van der Waals surface area contributed by atoms with Gasteiger partial charge < -0.3 is 10.1 Å². The van der Waals surface area contributed by atoms with E-state index in [9.17, 15) is 14.4 Å². The van der Waals surface area contributed by atoms with Gasteiger partial charge in [-0.3, -0.25) is 19.3 Å². The third-order valence-electron chi connectivity index (χ3n) is 4.61. The average molecular weight is 342 g/mol. The van der Waals surface area contributed by atoms with Crippen LogP contribution in [-0.4, -0.2) is 35.8 Å². The number of nitrogens with zero attached hydrogens (tertiary/aromatic N) is 1. The minimum Gasteiger partial charge on any atom is -0.494 e. The predicted molar refractivity (Wildman–Crippen MR) is 92.9 cm³/mol. The number of hydrogen-bond donors (Lipinski definition) is 1. The molecule has 0 bridgehead atoms. The van der Waals surface area contributed by atoms with E-state index >= 15 is 0 Å². The number of imide groups is 1. The van der Waals surface area contributed by atoms with Crippen LogP contribution in [0.4, 0.5) is 5.69 Å². The maximum atomic E-state index is 12.3. The van der Waals surface area contributed by atoms with Gasteiger partial charge in [-0.05, 0) is 44.0 Å². The number of rotatable bonds is 6. The van der Waals surface area contributed by atoms with Crippen molar-refractivity contribution in [2.24, 2.45) is 11.8 Å². The van der Waals surface area contributed by atoms with Crippen LogP contribution in [0.15, 0.2) is 36.4 Å². The molecule has 0 unspecified atom stereocenters. The highest BCUT2D eigenvalue weighted by atomic mass is 16.5. The molecule has 1 aliphatic heterocycles. The number of ether oxygens (including phenoxy) is 1. The van der Waals surface area contributed by atoms with Crippen molar-refractivity contribution < 1.29 is 19.1 Å². The molecule has 2 atom stereocenters. The van der Waals surface area contributed by atoms with E-state index in [4.69, 9.17) is 4.74 Å². The van der Waals surface area contributed by atoms with E-state index in [0.717, 1.165) is 5.75 Å². The first-order valence-electron chi connectivity index (χ1n) is 8.63. The summed E-state index contributed by atoms with van der Waals surface area (Å²) in [6, 6.07) is 7.08. The highest BCUT2D eigenvalue weighted by Crippen LogP contribution is 2.35. The van der Waals surface area contributed by atoms with E-state index in [0.29, 0.717) is 25.1 Å². The summed E-state index contributed by atoms with van der Waals surface area (Å²) in [4.78, 5) is 38.0. The first-order chi connectivity index (χ1) is 12.1. The molecule has 1 aromatic rings. The number of benzene rings is 1. The standard InChI is InChI=1S/C19H22N2O4/c1-2-25-14-9-7-13(8-10-14)20-17(22)11-12-21-18(23)15-5-3-4-6-16(15)19(21)24/h3-4,7-10,15-16H,2,5-6,11-12H2,1H3,(H,20,22)/t15-,16-/m1/s1. The van der Waals surface area contributed by atoms with E-state index < -0.39 is 0 Å². The highest BCUT2D eigenvalue weighted by molar-refractivity contribution is 6.05. The second-order valence-electron chi connectivity index (χ2n) is 6.24. The van der Waals surface area contributed by atoms with Crippen LogP contribution in [0.25, 0.3) is 0 Å². The second-order valence-corrected chi connectivity index (χ2v) is 6.24. The van der Waals surface area contributed by atoms with E-state index in [1.807, 2.05) is 19.1 Å². The number of hydrogen-bond acceptors (Lipinski definition) is 4. The Morgan fingerprint density at radius 1 is 1.12 bits per heavy atom. The fraction of sp³-hybridized carbons (Fsp3) is 0.421. The number of anilines is 1. The minimum absolute atomic E-state index is 0.0948. The van der Waals surface area contributed by atoms with Gasteiger partial charge in [0.2, 0.25) is 17.7 Å². The monoisotopic (exact) mass is 342 g/mol. The van der Waals surface area contributed by atoms with Gasteiger partial charge in [0, 0.05) is 18.7 Å². The van der Waals surface area contributed by atoms with E-state index in [1.165, 1.54) is 4.90 Å². The molecule has 1 heterocycles. The predicted octanol–water partition coefficient (Wildman–Crippen LogP) is 2.37. The number of carbonyl (C=O) groups excluding carboxylic acids is 3. The van der Waals surface area contributed by atoms with Crippen molar-refractivity contribution in [3.63, 3.8) is 0 Å². The summed E-state index contributed by atoms with van der Waals surface area (Å²) in [5, 5.41) is 2.77. The lowest BCUT2D eigenvalue weighted by Gasteiger charge is -2.14. The first kappa shape index (κ1) is 17.2. The lowest BCUT2D eigenvalue weighted by atomic mass is 9.85. The number of likely N-dealkylation sites (tertiary alicyclic amines) is 1. The maximum Gasteiger partial charge on any atom is 0.233 e. The summed E-state index contributed by atoms with van der Waals surface area (Å²) < 4.78 is 5.35. The van der Waals surface area contributed by atoms with Gasteiger partial charge in [-0.1, -0.05) is 12.2 Å². The van der Waals surface area contributed by atoms with Gasteiger partial charge in [0.1, 0.15) is 5.75 Å². The van der Waals surface area contributed by atoms with E-state index in [-0.39, 0.29) is 42.5 Å². The molecule has 0 radical (unpaired) electrons. The number of carbonyl (C=O) groups is 3. The number of allylic oxidation sites excluding steroid dienone is 2. The molecule has 1 aromatic carbocycles. The SMILES string of the molecule is CCOc1ccc(NC(=O)CCN2C(=O)[C@@H]3CC=CC[C@H]3C2=O)cc1. The summed E-state index contributed by atoms with van der Waals surface area (Å²) >= 11 is 0. The van der Waals surface area contributed by atoms with Crippen LogP contribution < -0.4 is 10.1 Å².